The van der Waals surface area contributed by atoms with E-state index in [4.69, 9.17) is 5.73 Å². The van der Waals surface area contributed by atoms with E-state index in [0.717, 1.165) is 28.3 Å². The van der Waals surface area contributed by atoms with E-state index in [0.29, 0.717) is 0 Å². The minimum Gasteiger partial charge on any atom is -0.399 e. The maximum Gasteiger partial charge on any atom is 0.138 e. The Labute approximate surface area is 109 Å². The van der Waals surface area contributed by atoms with Crippen LogP contribution in [-0.4, -0.2) is 9.97 Å². The zero-order valence-corrected chi connectivity index (χ0v) is 10.4. The van der Waals surface area contributed by atoms with Crippen molar-refractivity contribution in [3.05, 3.63) is 47.6 Å². The molecule has 0 saturated carbocycles. The molecular formula is C13H12N4S. The highest BCUT2D eigenvalue weighted by atomic mass is 32.1. The van der Waals surface area contributed by atoms with Gasteiger partial charge in [-0.3, -0.25) is 0 Å². The fourth-order valence-electron chi connectivity index (χ4n) is 1.75. The molecule has 0 unspecified atom stereocenters. The molecule has 18 heavy (non-hydrogen) atoms. The molecule has 4 nitrogen and oxygen atoms in total. The molecule has 0 aliphatic rings. The van der Waals surface area contributed by atoms with Crippen LogP contribution < -0.4 is 11.1 Å². The van der Waals surface area contributed by atoms with Crippen LogP contribution >= 0.6 is 11.3 Å². The van der Waals surface area contributed by atoms with Gasteiger partial charge in [0.1, 0.15) is 17.0 Å². The van der Waals surface area contributed by atoms with Gasteiger partial charge in [0.05, 0.1) is 5.39 Å². The van der Waals surface area contributed by atoms with Crippen molar-refractivity contribution in [2.24, 2.45) is 0 Å². The fourth-order valence-corrected chi connectivity index (χ4v) is 2.48. The van der Waals surface area contributed by atoms with Gasteiger partial charge in [0.2, 0.25) is 0 Å². The summed E-state index contributed by atoms with van der Waals surface area (Å²) in [5.74, 6) is 0.873. The SMILES string of the molecule is Nc1ccc(CNc2ncnc3sccc23)cc1. The summed E-state index contributed by atoms with van der Waals surface area (Å²) in [5.41, 5.74) is 7.61. The molecule has 3 rings (SSSR count). The number of nitrogen functional groups attached to an aromatic ring is 1. The Hall–Kier alpha value is -2.14. The van der Waals surface area contributed by atoms with E-state index >= 15 is 0 Å². The van der Waals surface area contributed by atoms with Crippen molar-refractivity contribution in [1.82, 2.24) is 9.97 Å². The second-order valence-electron chi connectivity index (χ2n) is 3.96. The Balaban J connectivity index is 1.80. The van der Waals surface area contributed by atoms with Crippen LogP contribution in [0.3, 0.4) is 0 Å². The van der Waals surface area contributed by atoms with Gasteiger partial charge < -0.3 is 11.1 Å². The highest BCUT2D eigenvalue weighted by Crippen LogP contribution is 2.24. The summed E-state index contributed by atoms with van der Waals surface area (Å²) in [6.45, 7) is 0.724. The second-order valence-corrected chi connectivity index (χ2v) is 4.85. The van der Waals surface area contributed by atoms with E-state index in [9.17, 15) is 0 Å². The number of benzene rings is 1. The van der Waals surface area contributed by atoms with Crippen LogP contribution in [0.4, 0.5) is 11.5 Å². The summed E-state index contributed by atoms with van der Waals surface area (Å²) in [6, 6.07) is 9.85. The van der Waals surface area contributed by atoms with Crippen LogP contribution in [-0.2, 0) is 6.54 Å². The number of rotatable bonds is 3. The zero-order valence-electron chi connectivity index (χ0n) is 9.63. The molecule has 0 radical (unpaired) electrons. The number of hydrogen-bond acceptors (Lipinski definition) is 5. The minimum atomic E-state index is 0.724. The van der Waals surface area contributed by atoms with Crippen LogP contribution in [0.25, 0.3) is 10.2 Å². The van der Waals surface area contributed by atoms with Crippen LogP contribution in [0.15, 0.2) is 42.0 Å². The topological polar surface area (TPSA) is 63.8 Å². The molecule has 1 aromatic carbocycles. The summed E-state index contributed by atoms with van der Waals surface area (Å²) in [7, 11) is 0. The van der Waals surface area contributed by atoms with Gasteiger partial charge in [0, 0.05) is 12.2 Å². The molecule has 0 saturated heterocycles. The molecule has 0 spiro atoms. The molecule has 0 fully saturated rings. The molecular weight excluding hydrogens is 244 g/mol. The smallest absolute Gasteiger partial charge is 0.138 e. The maximum atomic E-state index is 5.65. The van der Waals surface area contributed by atoms with Crippen molar-refractivity contribution in [2.75, 3.05) is 11.1 Å². The van der Waals surface area contributed by atoms with Crippen molar-refractivity contribution in [3.8, 4) is 0 Å². The van der Waals surface area contributed by atoms with Gasteiger partial charge in [0.15, 0.2) is 0 Å². The van der Waals surface area contributed by atoms with Crippen LogP contribution in [0.1, 0.15) is 5.56 Å². The first-order valence-electron chi connectivity index (χ1n) is 5.59. The Bertz CT molecular complexity index is 660. The van der Waals surface area contributed by atoms with Crippen molar-refractivity contribution in [1.29, 1.82) is 0 Å². The molecule has 5 heteroatoms. The summed E-state index contributed by atoms with van der Waals surface area (Å²) in [4.78, 5) is 9.50. The van der Waals surface area contributed by atoms with E-state index in [-0.39, 0.29) is 0 Å². The predicted octanol–water partition coefficient (Wildman–Crippen LogP) is 2.89. The number of anilines is 2. The van der Waals surface area contributed by atoms with Crippen molar-refractivity contribution in [2.45, 2.75) is 6.54 Å². The third kappa shape index (κ3) is 2.12. The molecule has 0 bridgehead atoms. The largest absolute Gasteiger partial charge is 0.399 e. The first kappa shape index (κ1) is 11.0. The van der Waals surface area contributed by atoms with Crippen LogP contribution in [0.5, 0.6) is 0 Å². The first-order valence-corrected chi connectivity index (χ1v) is 6.47. The Kier molecular flexibility index (Phi) is 2.82. The number of nitrogens with one attached hydrogen (secondary N) is 1. The lowest BCUT2D eigenvalue weighted by molar-refractivity contribution is 1.11. The number of thiophene rings is 1. The molecule has 0 atom stereocenters. The number of nitrogens with two attached hydrogens (primary N) is 1. The van der Waals surface area contributed by atoms with E-state index in [2.05, 4.69) is 15.3 Å². The highest BCUT2D eigenvalue weighted by Gasteiger charge is 2.03. The van der Waals surface area contributed by atoms with Gasteiger partial charge in [-0.25, -0.2) is 9.97 Å². The van der Waals surface area contributed by atoms with Gasteiger partial charge in [-0.1, -0.05) is 12.1 Å². The third-order valence-corrected chi connectivity index (χ3v) is 3.52. The molecule has 2 aromatic heterocycles. The Morgan fingerprint density at radius 3 is 2.78 bits per heavy atom. The van der Waals surface area contributed by atoms with Crippen molar-refractivity contribution >= 4 is 33.1 Å². The molecule has 2 heterocycles. The number of hydrogen-bond donors (Lipinski definition) is 2. The lowest BCUT2D eigenvalue weighted by Gasteiger charge is -2.06. The normalized spacial score (nSPS) is 10.7. The fraction of sp³-hybridized carbons (Fsp3) is 0.0769. The average Bonchev–Trinajstić information content (AvgIpc) is 2.87. The van der Waals surface area contributed by atoms with E-state index in [1.54, 1.807) is 17.7 Å². The molecule has 0 aliphatic carbocycles. The summed E-state index contributed by atoms with van der Waals surface area (Å²) >= 11 is 1.62. The van der Waals surface area contributed by atoms with Crippen molar-refractivity contribution < 1.29 is 0 Å². The average molecular weight is 256 g/mol. The van der Waals surface area contributed by atoms with E-state index in [1.165, 1.54) is 5.56 Å². The lowest BCUT2D eigenvalue weighted by Crippen LogP contribution is -2.02. The van der Waals surface area contributed by atoms with Gasteiger partial charge in [0.25, 0.3) is 0 Å². The maximum absolute atomic E-state index is 5.65. The number of fused-ring (bicyclic) bond motifs is 1. The zero-order chi connectivity index (χ0) is 12.4. The van der Waals surface area contributed by atoms with Gasteiger partial charge in [-0.05, 0) is 29.1 Å². The molecule has 90 valence electrons. The quantitative estimate of drug-likeness (QED) is 0.707. The van der Waals surface area contributed by atoms with E-state index < -0.39 is 0 Å². The van der Waals surface area contributed by atoms with Gasteiger partial charge in [-0.15, -0.1) is 11.3 Å². The van der Waals surface area contributed by atoms with Crippen LogP contribution in [0.2, 0.25) is 0 Å². The lowest BCUT2D eigenvalue weighted by atomic mass is 10.2. The monoisotopic (exact) mass is 256 g/mol. The van der Waals surface area contributed by atoms with Crippen LogP contribution in [0, 0.1) is 0 Å². The number of aromatic nitrogens is 2. The molecule has 3 N–H and O–H groups in total. The van der Waals surface area contributed by atoms with Gasteiger partial charge in [-0.2, -0.15) is 0 Å². The van der Waals surface area contributed by atoms with E-state index in [1.807, 2.05) is 35.7 Å². The summed E-state index contributed by atoms with van der Waals surface area (Å²) in [6.07, 6.45) is 1.59. The highest BCUT2D eigenvalue weighted by molar-refractivity contribution is 7.16. The van der Waals surface area contributed by atoms with Crippen molar-refractivity contribution in [3.63, 3.8) is 0 Å². The number of nitrogens with zero attached hydrogens (tertiary/aromatic N) is 2. The summed E-state index contributed by atoms with van der Waals surface area (Å²) < 4.78 is 0. The van der Waals surface area contributed by atoms with Gasteiger partial charge >= 0.3 is 0 Å². The predicted molar refractivity (Wildman–Crippen MR) is 75.6 cm³/mol. The molecule has 3 aromatic rings. The summed E-state index contributed by atoms with van der Waals surface area (Å²) in [5, 5.41) is 6.41. The molecule has 0 aliphatic heterocycles. The second kappa shape index (κ2) is 4.62. The molecule has 0 amide bonds. The standard InChI is InChI=1S/C13H12N4S/c14-10-3-1-9(2-4-10)7-15-12-11-5-6-18-13(11)17-8-16-12/h1-6,8H,7,14H2,(H,15,16,17). The Morgan fingerprint density at radius 2 is 1.94 bits per heavy atom. The minimum absolute atomic E-state index is 0.724. The first-order chi connectivity index (χ1) is 8.83. The third-order valence-electron chi connectivity index (χ3n) is 2.70. The Morgan fingerprint density at radius 1 is 1.11 bits per heavy atom.